The van der Waals surface area contributed by atoms with Crippen LogP contribution in [0.3, 0.4) is 0 Å². The van der Waals surface area contributed by atoms with E-state index in [0.717, 1.165) is 5.65 Å². The Morgan fingerprint density at radius 3 is 2.65 bits per heavy atom. The molecule has 2 heterocycles. The van der Waals surface area contributed by atoms with Crippen LogP contribution in [-0.4, -0.2) is 21.2 Å². The summed E-state index contributed by atoms with van der Waals surface area (Å²) >= 11 is 3.29. The minimum atomic E-state index is -0.388. The molecule has 0 aliphatic carbocycles. The molecule has 2 N–H and O–H groups in total. The van der Waals surface area contributed by atoms with Crippen LogP contribution in [0.5, 0.6) is 0 Å². The van der Waals surface area contributed by atoms with Gasteiger partial charge in [-0.1, -0.05) is 18.2 Å². The third-order valence-corrected chi connectivity index (χ3v) is 3.88. The minimum absolute atomic E-state index is 0.0813. The standard InChI is InChI=1S/C16H13BrN4O2/c17-13-6-2-1-5-12(13)16(23)20-19-15(22)9-11-10-21-8-4-3-7-14(21)18-11/h1-8,10H,9H2,(H,19,22)(H,20,23). The highest BCUT2D eigenvalue weighted by Gasteiger charge is 2.11. The van der Waals surface area contributed by atoms with Gasteiger partial charge in [-0.25, -0.2) is 4.98 Å². The van der Waals surface area contributed by atoms with Gasteiger partial charge in [-0.05, 0) is 40.2 Å². The summed E-state index contributed by atoms with van der Waals surface area (Å²) < 4.78 is 2.49. The van der Waals surface area contributed by atoms with E-state index >= 15 is 0 Å². The number of nitrogens with zero attached hydrogens (tertiary/aromatic N) is 2. The summed E-state index contributed by atoms with van der Waals surface area (Å²) in [5.74, 6) is -0.727. The van der Waals surface area contributed by atoms with Crippen LogP contribution < -0.4 is 10.9 Å². The monoisotopic (exact) mass is 372 g/mol. The van der Waals surface area contributed by atoms with Crippen LogP contribution in [-0.2, 0) is 11.2 Å². The number of benzene rings is 1. The third-order valence-electron chi connectivity index (χ3n) is 3.19. The Labute approximate surface area is 140 Å². The van der Waals surface area contributed by atoms with E-state index in [1.165, 1.54) is 0 Å². The highest BCUT2D eigenvalue weighted by molar-refractivity contribution is 9.10. The van der Waals surface area contributed by atoms with Gasteiger partial charge in [0.25, 0.3) is 5.91 Å². The molecule has 0 bridgehead atoms. The van der Waals surface area contributed by atoms with Crippen LogP contribution in [0.4, 0.5) is 0 Å². The average molecular weight is 373 g/mol. The quantitative estimate of drug-likeness (QED) is 0.691. The molecule has 0 aliphatic rings. The average Bonchev–Trinajstić information content (AvgIpc) is 2.95. The lowest BCUT2D eigenvalue weighted by atomic mass is 10.2. The van der Waals surface area contributed by atoms with Crippen LogP contribution in [0.1, 0.15) is 16.1 Å². The number of pyridine rings is 1. The van der Waals surface area contributed by atoms with Gasteiger partial charge < -0.3 is 4.40 Å². The van der Waals surface area contributed by atoms with Gasteiger partial charge in [0, 0.05) is 16.9 Å². The maximum Gasteiger partial charge on any atom is 0.270 e. The van der Waals surface area contributed by atoms with Gasteiger partial charge in [0.05, 0.1) is 17.7 Å². The SMILES string of the molecule is O=C(Cc1cn2ccccc2n1)NNC(=O)c1ccccc1Br. The summed E-state index contributed by atoms with van der Waals surface area (Å²) in [5, 5.41) is 0. The van der Waals surface area contributed by atoms with Crippen molar-refractivity contribution in [2.24, 2.45) is 0 Å². The fourth-order valence-electron chi connectivity index (χ4n) is 2.12. The number of imidazole rings is 1. The van der Waals surface area contributed by atoms with Crippen LogP contribution >= 0.6 is 15.9 Å². The van der Waals surface area contributed by atoms with Gasteiger partial charge in [0.15, 0.2) is 0 Å². The molecule has 1 aromatic carbocycles. The number of fused-ring (bicyclic) bond motifs is 1. The van der Waals surface area contributed by atoms with Crippen LogP contribution in [0.25, 0.3) is 5.65 Å². The normalized spacial score (nSPS) is 10.5. The summed E-state index contributed by atoms with van der Waals surface area (Å²) in [4.78, 5) is 28.2. The maximum atomic E-state index is 12.0. The molecule has 3 aromatic rings. The zero-order chi connectivity index (χ0) is 16.2. The Morgan fingerprint density at radius 2 is 1.87 bits per heavy atom. The van der Waals surface area contributed by atoms with Crippen LogP contribution in [0.15, 0.2) is 59.3 Å². The molecule has 3 rings (SSSR count). The van der Waals surface area contributed by atoms with Crippen molar-refractivity contribution in [1.29, 1.82) is 0 Å². The fourth-order valence-corrected chi connectivity index (χ4v) is 2.59. The van der Waals surface area contributed by atoms with Gasteiger partial charge in [-0.3, -0.25) is 20.4 Å². The maximum absolute atomic E-state index is 12.0. The molecule has 2 amide bonds. The fraction of sp³-hybridized carbons (Fsp3) is 0.0625. The van der Waals surface area contributed by atoms with Crippen molar-refractivity contribution in [3.05, 3.63) is 70.6 Å². The second kappa shape index (κ2) is 6.62. The van der Waals surface area contributed by atoms with Gasteiger partial charge in [-0.2, -0.15) is 0 Å². The summed E-state index contributed by atoms with van der Waals surface area (Å²) in [6, 6.07) is 12.6. The van der Waals surface area contributed by atoms with Gasteiger partial charge in [0.2, 0.25) is 5.91 Å². The second-order valence-corrected chi connectivity index (χ2v) is 5.71. The zero-order valence-corrected chi connectivity index (χ0v) is 13.6. The highest BCUT2D eigenvalue weighted by Crippen LogP contribution is 2.15. The molecular weight excluding hydrogens is 360 g/mol. The first-order chi connectivity index (χ1) is 11.1. The lowest BCUT2D eigenvalue weighted by molar-refractivity contribution is -0.121. The predicted molar refractivity (Wildman–Crippen MR) is 88.6 cm³/mol. The van der Waals surface area contributed by atoms with Crippen molar-refractivity contribution in [2.45, 2.75) is 6.42 Å². The topological polar surface area (TPSA) is 75.5 Å². The van der Waals surface area contributed by atoms with Crippen LogP contribution in [0.2, 0.25) is 0 Å². The van der Waals surface area contributed by atoms with Crippen molar-refractivity contribution < 1.29 is 9.59 Å². The van der Waals surface area contributed by atoms with E-state index in [4.69, 9.17) is 0 Å². The molecule has 0 saturated carbocycles. The molecule has 116 valence electrons. The van der Waals surface area contributed by atoms with Crippen molar-refractivity contribution in [3.8, 4) is 0 Å². The lowest BCUT2D eigenvalue weighted by Crippen LogP contribution is -2.42. The predicted octanol–water partition coefficient (Wildman–Crippen LogP) is 2.10. The highest BCUT2D eigenvalue weighted by atomic mass is 79.9. The number of hydrogen-bond donors (Lipinski definition) is 2. The zero-order valence-electron chi connectivity index (χ0n) is 12.0. The molecule has 23 heavy (non-hydrogen) atoms. The number of rotatable bonds is 3. The van der Waals surface area contributed by atoms with E-state index in [2.05, 4.69) is 31.8 Å². The molecular formula is C16H13BrN4O2. The number of hydrazine groups is 1. The largest absolute Gasteiger partial charge is 0.307 e. The Hall–Kier alpha value is -2.67. The van der Waals surface area contributed by atoms with Crippen molar-refractivity contribution in [2.75, 3.05) is 0 Å². The van der Waals surface area contributed by atoms with E-state index in [1.807, 2.05) is 34.9 Å². The number of nitrogens with one attached hydrogen (secondary N) is 2. The first kappa shape index (κ1) is 15.2. The van der Waals surface area contributed by atoms with E-state index in [0.29, 0.717) is 15.7 Å². The van der Waals surface area contributed by atoms with E-state index in [9.17, 15) is 9.59 Å². The number of carbonyl (C=O) groups is 2. The second-order valence-electron chi connectivity index (χ2n) is 4.86. The minimum Gasteiger partial charge on any atom is -0.307 e. The van der Waals surface area contributed by atoms with Gasteiger partial charge >= 0.3 is 0 Å². The summed E-state index contributed by atoms with van der Waals surface area (Å²) in [6.07, 6.45) is 3.72. The van der Waals surface area contributed by atoms with Crippen molar-refractivity contribution >= 4 is 33.4 Å². The first-order valence-corrected chi connectivity index (χ1v) is 7.69. The van der Waals surface area contributed by atoms with Crippen molar-refractivity contribution in [3.63, 3.8) is 0 Å². The Kier molecular flexibility index (Phi) is 4.38. The van der Waals surface area contributed by atoms with Crippen molar-refractivity contribution in [1.82, 2.24) is 20.2 Å². The summed E-state index contributed by atoms with van der Waals surface area (Å²) in [5.41, 5.74) is 6.63. The van der Waals surface area contributed by atoms with Gasteiger partial charge in [-0.15, -0.1) is 0 Å². The Morgan fingerprint density at radius 1 is 1.09 bits per heavy atom. The molecule has 0 unspecified atom stereocenters. The molecule has 0 aliphatic heterocycles. The lowest BCUT2D eigenvalue weighted by Gasteiger charge is -2.07. The summed E-state index contributed by atoms with van der Waals surface area (Å²) in [7, 11) is 0. The number of halogens is 1. The molecule has 6 nitrogen and oxygen atoms in total. The van der Waals surface area contributed by atoms with Gasteiger partial charge in [0.1, 0.15) is 5.65 Å². The molecule has 0 spiro atoms. The number of aromatic nitrogens is 2. The molecule has 0 fully saturated rings. The summed E-state index contributed by atoms with van der Waals surface area (Å²) in [6.45, 7) is 0. The number of carbonyl (C=O) groups excluding carboxylic acids is 2. The number of hydrogen-bond acceptors (Lipinski definition) is 3. The van der Waals surface area contributed by atoms with E-state index in [1.54, 1.807) is 24.4 Å². The molecule has 0 atom stereocenters. The number of amides is 2. The third kappa shape index (κ3) is 3.57. The Balaban J connectivity index is 1.59. The smallest absolute Gasteiger partial charge is 0.270 e. The molecule has 0 radical (unpaired) electrons. The van der Waals surface area contributed by atoms with E-state index in [-0.39, 0.29) is 18.2 Å². The van der Waals surface area contributed by atoms with E-state index < -0.39 is 0 Å². The Bertz CT molecular complexity index is 842. The first-order valence-electron chi connectivity index (χ1n) is 6.90. The molecule has 0 saturated heterocycles. The van der Waals surface area contributed by atoms with Crippen LogP contribution in [0, 0.1) is 0 Å². The molecule has 7 heteroatoms. The molecule has 2 aromatic heterocycles.